The van der Waals surface area contributed by atoms with E-state index < -0.39 is 0 Å². The average Bonchev–Trinajstić information content (AvgIpc) is 2.99. The molecule has 4 heteroatoms. The molecular weight excluding hydrogens is 281 g/mol. The van der Waals surface area contributed by atoms with Crippen LogP contribution in [0.4, 0.5) is 0 Å². The minimum Gasteiger partial charge on any atom is -0.341 e. The van der Waals surface area contributed by atoms with Crippen molar-refractivity contribution in [3.63, 3.8) is 0 Å². The fourth-order valence-electron chi connectivity index (χ4n) is 3.22. The summed E-state index contributed by atoms with van der Waals surface area (Å²) in [4.78, 5) is 14.1. The van der Waals surface area contributed by atoms with Gasteiger partial charge in [0, 0.05) is 19.5 Å². The molecule has 2 aliphatic carbocycles. The molecule has 102 valence electrons. The van der Waals surface area contributed by atoms with E-state index in [-0.39, 0.29) is 11.8 Å². The van der Waals surface area contributed by atoms with Crippen LogP contribution < -0.4 is 0 Å². The first-order chi connectivity index (χ1) is 9.04. The minimum atomic E-state index is 0.247. The summed E-state index contributed by atoms with van der Waals surface area (Å²) in [5.41, 5.74) is 1.02. The molecule has 0 aliphatic heterocycles. The molecule has 0 spiro atoms. The number of carbonyl (C=O) groups is 1. The Kier molecular flexibility index (Phi) is 3.48. The Hall–Kier alpha value is -0.730. The largest absolute Gasteiger partial charge is 0.341 e. The average molecular weight is 298 g/mol. The number of hydrogen-bond acceptors (Lipinski definition) is 1. The van der Waals surface area contributed by atoms with Crippen molar-refractivity contribution in [2.45, 2.75) is 25.8 Å². The normalized spacial score (nSPS) is 28.1. The van der Waals surface area contributed by atoms with Crippen molar-refractivity contribution < 1.29 is 4.79 Å². The standard InChI is InChI=1S/C15H17Cl2NO/c1-18(8-9-2-3-13(16)14(17)4-9)15(19)12-6-10-5-11(10)7-12/h2-4,10-12H,5-8H2,1H3. The van der Waals surface area contributed by atoms with Gasteiger partial charge in [0.25, 0.3) is 0 Å². The van der Waals surface area contributed by atoms with Crippen molar-refractivity contribution in [2.24, 2.45) is 17.8 Å². The lowest BCUT2D eigenvalue weighted by molar-refractivity contribution is -0.134. The molecule has 2 unspecified atom stereocenters. The van der Waals surface area contributed by atoms with Gasteiger partial charge in [-0.15, -0.1) is 0 Å². The van der Waals surface area contributed by atoms with Gasteiger partial charge in [0.05, 0.1) is 10.0 Å². The first kappa shape index (κ1) is 13.3. The van der Waals surface area contributed by atoms with E-state index in [0.717, 1.165) is 30.2 Å². The number of halogens is 2. The highest BCUT2D eigenvalue weighted by Gasteiger charge is 2.48. The molecule has 2 fully saturated rings. The zero-order valence-corrected chi connectivity index (χ0v) is 12.4. The van der Waals surface area contributed by atoms with Crippen LogP contribution in [0.2, 0.25) is 10.0 Å². The highest BCUT2D eigenvalue weighted by atomic mass is 35.5. The van der Waals surface area contributed by atoms with Crippen molar-refractivity contribution in [2.75, 3.05) is 7.05 Å². The molecule has 2 nitrogen and oxygen atoms in total. The second-order valence-corrected chi connectivity index (χ2v) is 6.68. The topological polar surface area (TPSA) is 20.3 Å². The molecule has 0 bridgehead atoms. The zero-order valence-electron chi connectivity index (χ0n) is 10.9. The summed E-state index contributed by atoms with van der Waals surface area (Å²) in [7, 11) is 1.87. The maximum absolute atomic E-state index is 12.3. The Bertz CT molecular complexity index is 507. The van der Waals surface area contributed by atoms with Crippen LogP contribution in [0.1, 0.15) is 24.8 Å². The number of nitrogens with zero attached hydrogens (tertiary/aromatic N) is 1. The van der Waals surface area contributed by atoms with E-state index in [0.29, 0.717) is 16.6 Å². The maximum atomic E-state index is 12.3. The molecule has 0 saturated heterocycles. The maximum Gasteiger partial charge on any atom is 0.225 e. The lowest BCUT2D eigenvalue weighted by Crippen LogP contribution is -2.31. The fourth-order valence-corrected chi connectivity index (χ4v) is 3.54. The molecule has 19 heavy (non-hydrogen) atoms. The fraction of sp³-hybridized carbons (Fsp3) is 0.533. The predicted molar refractivity (Wildman–Crippen MR) is 77.3 cm³/mol. The van der Waals surface area contributed by atoms with Crippen molar-refractivity contribution in [1.82, 2.24) is 4.90 Å². The van der Waals surface area contributed by atoms with Crippen molar-refractivity contribution in [3.05, 3.63) is 33.8 Å². The molecule has 2 aliphatic rings. The third kappa shape index (κ3) is 2.75. The van der Waals surface area contributed by atoms with Gasteiger partial charge in [-0.05, 0) is 48.8 Å². The Morgan fingerprint density at radius 1 is 1.21 bits per heavy atom. The van der Waals surface area contributed by atoms with Gasteiger partial charge >= 0.3 is 0 Å². The first-order valence-corrected chi connectivity index (χ1v) is 7.49. The van der Waals surface area contributed by atoms with Gasteiger partial charge in [-0.25, -0.2) is 0 Å². The zero-order chi connectivity index (χ0) is 13.6. The SMILES string of the molecule is CN(Cc1ccc(Cl)c(Cl)c1)C(=O)C1CC2CC2C1. The summed E-state index contributed by atoms with van der Waals surface area (Å²) in [5, 5.41) is 1.09. The molecule has 2 saturated carbocycles. The van der Waals surface area contributed by atoms with Crippen LogP contribution in [0.15, 0.2) is 18.2 Å². The lowest BCUT2D eigenvalue weighted by Gasteiger charge is -2.22. The molecule has 0 heterocycles. The number of carbonyl (C=O) groups excluding carboxylic acids is 1. The van der Waals surface area contributed by atoms with Crippen LogP contribution in [-0.4, -0.2) is 17.9 Å². The number of amides is 1. The number of fused-ring (bicyclic) bond motifs is 1. The number of hydrogen-bond donors (Lipinski definition) is 0. The van der Waals surface area contributed by atoms with Crippen LogP contribution in [-0.2, 0) is 11.3 Å². The van der Waals surface area contributed by atoms with Crippen LogP contribution >= 0.6 is 23.2 Å². The van der Waals surface area contributed by atoms with E-state index in [2.05, 4.69) is 0 Å². The molecule has 1 aromatic rings. The number of rotatable bonds is 3. The Morgan fingerprint density at radius 2 is 1.89 bits per heavy atom. The van der Waals surface area contributed by atoms with Gasteiger partial charge in [-0.1, -0.05) is 29.3 Å². The monoisotopic (exact) mass is 297 g/mol. The highest BCUT2D eigenvalue weighted by Crippen LogP contribution is 2.54. The molecular formula is C15H17Cl2NO. The first-order valence-electron chi connectivity index (χ1n) is 6.73. The van der Waals surface area contributed by atoms with E-state index in [9.17, 15) is 4.79 Å². The molecule has 3 rings (SSSR count). The van der Waals surface area contributed by atoms with E-state index in [1.807, 2.05) is 24.1 Å². The summed E-state index contributed by atoms with van der Waals surface area (Å²) >= 11 is 11.9. The number of benzene rings is 1. The molecule has 1 aromatic carbocycles. The summed E-state index contributed by atoms with van der Waals surface area (Å²) in [6.07, 6.45) is 3.53. The summed E-state index contributed by atoms with van der Waals surface area (Å²) in [6.45, 7) is 0.599. The minimum absolute atomic E-state index is 0.247. The van der Waals surface area contributed by atoms with Gasteiger partial charge < -0.3 is 4.90 Å². The van der Waals surface area contributed by atoms with Gasteiger partial charge in [-0.2, -0.15) is 0 Å². The molecule has 1 amide bonds. The Balaban J connectivity index is 1.62. The summed E-state index contributed by atoms with van der Waals surface area (Å²) < 4.78 is 0. The summed E-state index contributed by atoms with van der Waals surface area (Å²) in [6, 6.07) is 5.53. The quantitative estimate of drug-likeness (QED) is 0.826. The van der Waals surface area contributed by atoms with Crippen LogP contribution in [0.5, 0.6) is 0 Å². The predicted octanol–water partition coefficient (Wildman–Crippen LogP) is 4.00. The molecule has 2 atom stereocenters. The molecule has 0 radical (unpaired) electrons. The lowest BCUT2D eigenvalue weighted by atomic mass is 10.0. The van der Waals surface area contributed by atoms with Crippen LogP contribution in [0.3, 0.4) is 0 Å². The van der Waals surface area contributed by atoms with Crippen LogP contribution in [0.25, 0.3) is 0 Å². The third-order valence-corrected chi connectivity index (χ3v) is 5.11. The van der Waals surface area contributed by atoms with Crippen LogP contribution in [0, 0.1) is 17.8 Å². The molecule has 0 N–H and O–H groups in total. The van der Waals surface area contributed by atoms with E-state index >= 15 is 0 Å². The second kappa shape index (κ2) is 4.99. The van der Waals surface area contributed by atoms with E-state index in [4.69, 9.17) is 23.2 Å². The van der Waals surface area contributed by atoms with Crippen molar-refractivity contribution in [1.29, 1.82) is 0 Å². The van der Waals surface area contributed by atoms with Gasteiger partial charge in [0.1, 0.15) is 0 Å². The van der Waals surface area contributed by atoms with Gasteiger partial charge in [0.15, 0.2) is 0 Å². The second-order valence-electron chi connectivity index (χ2n) is 5.87. The van der Waals surface area contributed by atoms with E-state index in [1.54, 1.807) is 6.07 Å². The van der Waals surface area contributed by atoms with Gasteiger partial charge in [0.2, 0.25) is 5.91 Å². The van der Waals surface area contributed by atoms with Crippen molar-refractivity contribution in [3.8, 4) is 0 Å². The summed E-state index contributed by atoms with van der Waals surface area (Å²) in [5.74, 6) is 2.20. The smallest absolute Gasteiger partial charge is 0.225 e. The van der Waals surface area contributed by atoms with E-state index in [1.165, 1.54) is 6.42 Å². The third-order valence-electron chi connectivity index (χ3n) is 4.37. The molecule has 0 aromatic heterocycles. The van der Waals surface area contributed by atoms with Crippen molar-refractivity contribution >= 4 is 29.1 Å². The Labute approximate surface area is 123 Å². The highest BCUT2D eigenvalue weighted by molar-refractivity contribution is 6.42. The Morgan fingerprint density at radius 3 is 2.53 bits per heavy atom. The van der Waals surface area contributed by atoms with Gasteiger partial charge in [-0.3, -0.25) is 4.79 Å².